The molecule has 2 aromatic rings. The molecule has 1 amide bonds. The first-order valence-corrected chi connectivity index (χ1v) is 13.1. The summed E-state index contributed by atoms with van der Waals surface area (Å²) >= 11 is 0. The van der Waals surface area contributed by atoms with E-state index in [0.29, 0.717) is 36.1 Å². The number of nitrogens with zero attached hydrogens (tertiary/aromatic N) is 3. The zero-order valence-electron chi connectivity index (χ0n) is 20.9. The average molecular weight is 529 g/mol. The van der Waals surface area contributed by atoms with Gasteiger partial charge in [-0.25, -0.2) is 17.8 Å². The number of hydrazone groups is 1. The van der Waals surface area contributed by atoms with Crippen molar-refractivity contribution in [1.29, 1.82) is 0 Å². The molecule has 2 heterocycles. The Morgan fingerprint density at radius 3 is 2.76 bits per heavy atom. The third-order valence-corrected chi connectivity index (χ3v) is 7.46. The lowest BCUT2D eigenvalue weighted by atomic mass is 10.0. The Morgan fingerprint density at radius 2 is 2.03 bits per heavy atom. The van der Waals surface area contributed by atoms with Gasteiger partial charge in [0.05, 0.1) is 29.7 Å². The largest absolute Gasteiger partial charge is 0.383 e. The number of anilines is 2. The molecule has 4 rings (SSSR count). The van der Waals surface area contributed by atoms with E-state index in [4.69, 9.17) is 4.74 Å². The number of methoxy groups -OCH3 is 1. The first-order valence-electron chi connectivity index (χ1n) is 11.6. The monoisotopic (exact) mass is 528 g/mol. The van der Waals surface area contributed by atoms with E-state index in [1.165, 1.54) is 24.5 Å². The number of carbonyl (C=O) groups is 1. The van der Waals surface area contributed by atoms with Gasteiger partial charge in [-0.05, 0) is 62.2 Å². The fraction of sp³-hybridized carbons (Fsp3) is 0.320. The van der Waals surface area contributed by atoms with Crippen LogP contribution in [0.25, 0.3) is 0 Å². The second kappa shape index (κ2) is 10.7. The zero-order valence-corrected chi connectivity index (χ0v) is 21.8. The second-order valence-electron chi connectivity index (χ2n) is 8.96. The Bertz CT molecular complexity index is 1410. The van der Waals surface area contributed by atoms with Crippen LogP contribution in [0.1, 0.15) is 19.4 Å². The third kappa shape index (κ3) is 5.81. The molecule has 1 unspecified atom stereocenters. The van der Waals surface area contributed by atoms with Crippen LogP contribution >= 0.6 is 0 Å². The molecule has 0 aromatic heterocycles. The minimum absolute atomic E-state index is 0.122. The van der Waals surface area contributed by atoms with Crippen LogP contribution < -0.4 is 15.4 Å². The van der Waals surface area contributed by atoms with Crippen LogP contribution in [0, 0.1) is 18.7 Å². The number of aryl methyl sites for hydroxylation is 1. The van der Waals surface area contributed by atoms with Crippen molar-refractivity contribution in [2.24, 2.45) is 16.0 Å². The molecular formula is C25H29FN6O4S. The molecule has 10 nitrogen and oxygen atoms in total. The van der Waals surface area contributed by atoms with Gasteiger partial charge in [-0.3, -0.25) is 14.5 Å². The van der Waals surface area contributed by atoms with Crippen LogP contribution in [-0.4, -0.2) is 57.8 Å². The molecule has 0 spiro atoms. The van der Waals surface area contributed by atoms with E-state index in [2.05, 4.69) is 25.4 Å². The number of hydrogen-bond acceptors (Lipinski definition) is 8. The molecule has 2 aliphatic rings. The van der Waals surface area contributed by atoms with Crippen molar-refractivity contribution in [3.05, 3.63) is 65.1 Å². The highest BCUT2D eigenvalue weighted by Crippen LogP contribution is 2.32. The second-order valence-corrected chi connectivity index (χ2v) is 10.6. The summed E-state index contributed by atoms with van der Waals surface area (Å²) in [6.07, 6.45) is 1.40. The minimum Gasteiger partial charge on any atom is -0.383 e. The van der Waals surface area contributed by atoms with E-state index in [-0.39, 0.29) is 16.8 Å². The molecule has 3 N–H and O–H groups in total. The number of fused-ring (bicyclic) bond motifs is 1. The lowest BCUT2D eigenvalue weighted by Gasteiger charge is -2.23. The topological polar surface area (TPSA) is 124 Å². The maximum Gasteiger partial charge on any atom is 0.261 e. The number of halogens is 1. The van der Waals surface area contributed by atoms with Crippen molar-refractivity contribution in [1.82, 2.24) is 10.3 Å². The normalized spacial score (nSPS) is 17.8. The maximum atomic E-state index is 13.6. The van der Waals surface area contributed by atoms with Gasteiger partial charge >= 0.3 is 0 Å². The zero-order chi connectivity index (χ0) is 26.7. The molecule has 0 aliphatic carbocycles. The molecule has 2 aliphatic heterocycles. The molecule has 2 aromatic carbocycles. The van der Waals surface area contributed by atoms with Crippen molar-refractivity contribution in [2.45, 2.75) is 31.7 Å². The number of rotatable bonds is 8. The molecule has 0 fully saturated rings. The Kier molecular flexibility index (Phi) is 7.60. The predicted molar refractivity (Wildman–Crippen MR) is 140 cm³/mol. The van der Waals surface area contributed by atoms with Gasteiger partial charge in [0.1, 0.15) is 17.9 Å². The predicted octanol–water partition coefficient (Wildman–Crippen LogP) is 3.06. The third-order valence-electron chi connectivity index (χ3n) is 6.08. The number of hydrogen-bond donors (Lipinski definition) is 3. The van der Waals surface area contributed by atoms with Crippen molar-refractivity contribution < 1.29 is 22.3 Å². The number of ether oxygens (including phenoxy) is 1. The average Bonchev–Trinajstić information content (AvgIpc) is 3.18. The standard InChI is InChI=1S/C25H29FN6O4S/c1-15-8-9-19(31-37(34,35)20-7-5-6-18(26)10-20)11-22(15)30-24-23-17(3)21(12-32(23)28-14-27-24)25(33)29-16(2)13-36-4/h5-11,14,16,21,31H,12-13H2,1-4H3,(H,29,33)(H,27,28,30)/t16-,21?/m0/s1. The van der Waals surface area contributed by atoms with E-state index in [1.807, 2.05) is 20.8 Å². The summed E-state index contributed by atoms with van der Waals surface area (Å²) in [6.45, 7) is 6.39. The van der Waals surface area contributed by atoms with E-state index in [1.54, 1.807) is 30.3 Å². The fourth-order valence-corrected chi connectivity index (χ4v) is 5.27. The number of aliphatic imine (C=N–C) groups is 1. The van der Waals surface area contributed by atoms with Crippen LogP contribution in [0.2, 0.25) is 0 Å². The van der Waals surface area contributed by atoms with Gasteiger partial charge in [0, 0.05) is 18.8 Å². The summed E-state index contributed by atoms with van der Waals surface area (Å²) < 4.78 is 46.7. The quantitative estimate of drug-likeness (QED) is 0.484. The highest BCUT2D eigenvalue weighted by atomic mass is 32.2. The molecular weight excluding hydrogens is 499 g/mol. The van der Waals surface area contributed by atoms with Crippen LogP contribution in [0.5, 0.6) is 0 Å². The van der Waals surface area contributed by atoms with Gasteiger partial charge in [-0.15, -0.1) is 0 Å². The summed E-state index contributed by atoms with van der Waals surface area (Å²) in [5, 5.41) is 12.2. The van der Waals surface area contributed by atoms with E-state index in [9.17, 15) is 17.6 Å². The molecule has 0 radical (unpaired) electrons. The highest BCUT2D eigenvalue weighted by molar-refractivity contribution is 7.92. The molecule has 12 heteroatoms. The summed E-state index contributed by atoms with van der Waals surface area (Å²) in [5.74, 6) is -0.692. The van der Waals surface area contributed by atoms with Crippen LogP contribution in [0.3, 0.4) is 0 Å². The molecule has 37 heavy (non-hydrogen) atoms. The Hall–Kier alpha value is -3.77. The van der Waals surface area contributed by atoms with Crippen molar-refractivity contribution >= 4 is 39.5 Å². The van der Waals surface area contributed by atoms with Gasteiger partial charge < -0.3 is 15.4 Å². The number of amides is 1. The van der Waals surface area contributed by atoms with Crippen molar-refractivity contribution in [3.63, 3.8) is 0 Å². The van der Waals surface area contributed by atoms with E-state index < -0.39 is 21.8 Å². The summed E-state index contributed by atoms with van der Waals surface area (Å²) in [7, 11) is -2.41. The van der Waals surface area contributed by atoms with Crippen LogP contribution in [-0.2, 0) is 19.6 Å². The summed E-state index contributed by atoms with van der Waals surface area (Å²) in [5.41, 5.74) is 3.23. The highest BCUT2D eigenvalue weighted by Gasteiger charge is 2.37. The van der Waals surface area contributed by atoms with E-state index in [0.717, 1.165) is 17.2 Å². The van der Waals surface area contributed by atoms with Crippen LogP contribution in [0.4, 0.5) is 15.8 Å². The summed E-state index contributed by atoms with van der Waals surface area (Å²) in [4.78, 5) is 17.1. The van der Waals surface area contributed by atoms with Crippen LogP contribution in [0.15, 0.2) is 68.7 Å². The SMILES string of the molecule is COC[C@H](C)NC(=O)C1CN2N=CN=C(Nc3cc(NS(=O)(=O)c4cccc(F)c4)ccc3C)C2=C1C. The maximum absolute atomic E-state index is 13.6. The van der Waals surface area contributed by atoms with Crippen molar-refractivity contribution in [3.8, 4) is 0 Å². The number of carbonyl (C=O) groups excluding carboxylic acids is 1. The fourth-order valence-electron chi connectivity index (χ4n) is 4.19. The van der Waals surface area contributed by atoms with Gasteiger partial charge in [0.15, 0.2) is 5.84 Å². The summed E-state index contributed by atoms with van der Waals surface area (Å²) in [6, 6.07) is 9.66. The first-order chi connectivity index (χ1) is 17.6. The Morgan fingerprint density at radius 1 is 1.24 bits per heavy atom. The van der Waals surface area contributed by atoms with E-state index >= 15 is 0 Å². The number of sulfonamides is 1. The van der Waals surface area contributed by atoms with Gasteiger partial charge in [0.2, 0.25) is 5.91 Å². The lowest BCUT2D eigenvalue weighted by Crippen LogP contribution is -2.41. The molecule has 2 atom stereocenters. The molecule has 196 valence electrons. The number of benzene rings is 2. The smallest absolute Gasteiger partial charge is 0.261 e. The minimum atomic E-state index is -3.99. The Labute approximate surface area is 215 Å². The molecule has 0 bridgehead atoms. The van der Waals surface area contributed by atoms with Gasteiger partial charge in [0.25, 0.3) is 10.0 Å². The Balaban J connectivity index is 1.56. The van der Waals surface area contributed by atoms with Gasteiger partial charge in [-0.2, -0.15) is 5.10 Å². The number of nitrogens with one attached hydrogen (secondary N) is 3. The van der Waals surface area contributed by atoms with Gasteiger partial charge in [-0.1, -0.05) is 12.1 Å². The van der Waals surface area contributed by atoms with Crippen molar-refractivity contribution in [2.75, 3.05) is 30.3 Å². The number of amidine groups is 1. The molecule has 0 saturated heterocycles. The molecule has 0 saturated carbocycles. The lowest BCUT2D eigenvalue weighted by molar-refractivity contribution is -0.124. The first kappa shape index (κ1) is 26.3.